The fraction of sp³-hybridized carbons (Fsp3) is 0.311. The molecular formula is C119H124N2O24. The summed E-state index contributed by atoms with van der Waals surface area (Å²) in [6.45, 7) is 15.2. The van der Waals surface area contributed by atoms with Gasteiger partial charge in [-0.05, 0) is 271 Å². The lowest BCUT2D eigenvalue weighted by Gasteiger charge is -2.35. The number of methoxy groups -OCH3 is 2. The Kier molecular flexibility index (Phi) is 34.8. The molecule has 2 atom stereocenters. The quantitative estimate of drug-likeness (QED) is 0.0193. The van der Waals surface area contributed by atoms with Crippen molar-refractivity contribution in [3.05, 3.63) is 342 Å². The van der Waals surface area contributed by atoms with Crippen LogP contribution in [0.25, 0.3) is 94.3 Å². The van der Waals surface area contributed by atoms with Crippen LogP contribution >= 0.6 is 0 Å². The lowest BCUT2D eigenvalue weighted by atomic mass is 9.66. The Labute approximate surface area is 844 Å². The molecule has 2 aliphatic carbocycles. The molecule has 1 heterocycles. The van der Waals surface area contributed by atoms with Crippen molar-refractivity contribution in [1.29, 1.82) is 0 Å². The number of anilines is 1. The lowest BCUT2D eigenvalue weighted by molar-refractivity contribution is 0.00435. The van der Waals surface area contributed by atoms with Crippen LogP contribution < -0.4 is 14.4 Å². The number of hydrogen-bond acceptors (Lipinski definition) is 21. The van der Waals surface area contributed by atoms with Crippen LogP contribution in [0.15, 0.2) is 237 Å². The van der Waals surface area contributed by atoms with E-state index in [1.807, 2.05) is 38.4 Å². The zero-order valence-electron chi connectivity index (χ0n) is 83.3. The van der Waals surface area contributed by atoms with Crippen LogP contribution in [-0.4, -0.2) is 246 Å². The Hall–Kier alpha value is -13.6. The minimum atomic E-state index is -1.48. The van der Waals surface area contributed by atoms with Crippen LogP contribution in [0.4, 0.5) is 5.69 Å². The van der Waals surface area contributed by atoms with E-state index in [2.05, 4.69) is 208 Å². The fourth-order valence-electron chi connectivity index (χ4n) is 20.1. The van der Waals surface area contributed by atoms with E-state index in [1.165, 1.54) is 0 Å². The minimum absolute atomic E-state index is 0.0110. The second kappa shape index (κ2) is 48.4. The highest BCUT2D eigenvalue weighted by Gasteiger charge is 2.50. The Morgan fingerprint density at radius 2 is 0.572 bits per heavy atom. The monoisotopic (exact) mass is 1960 g/mol. The molecule has 0 amide bonds. The Morgan fingerprint density at radius 1 is 0.283 bits per heavy atom. The third-order valence-electron chi connectivity index (χ3n) is 26.5. The van der Waals surface area contributed by atoms with Gasteiger partial charge in [-0.2, -0.15) is 0 Å². The molecule has 1 aromatic heterocycles. The summed E-state index contributed by atoms with van der Waals surface area (Å²) >= 11 is 0. The largest absolute Gasteiger partial charge is 0.490 e. The molecule has 14 aromatic rings. The number of carboxylic acid groups (broad SMARTS) is 4. The highest BCUT2D eigenvalue weighted by atomic mass is 16.6. The normalized spacial score (nSPS) is 14.0. The zero-order valence-corrected chi connectivity index (χ0v) is 83.3. The van der Waals surface area contributed by atoms with Gasteiger partial charge in [0, 0.05) is 50.5 Å². The summed E-state index contributed by atoms with van der Waals surface area (Å²) in [4.78, 5) is 58.7. The van der Waals surface area contributed by atoms with Crippen molar-refractivity contribution in [3.8, 4) is 83.9 Å². The molecule has 145 heavy (non-hydrogen) atoms. The van der Waals surface area contributed by atoms with Gasteiger partial charge in [-0.25, -0.2) is 19.2 Å². The number of carboxylic acids is 4. The van der Waals surface area contributed by atoms with E-state index < -0.39 is 34.7 Å². The first-order chi connectivity index (χ1) is 70.4. The molecular weight excluding hydrogens is 1840 g/mol. The predicted molar refractivity (Wildman–Crippen MR) is 558 cm³/mol. The summed E-state index contributed by atoms with van der Waals surface area (Å²) in [5, 5.41) is 66.5. The second-order valence-corrected chi connectivity index (χ2v) is 36.5. The maximum absolute atomic E-state index is 14.2. The maximum Gasteiger partial charge on any atom is 0.339 e. The van der Waals surface area contributed by atoms with Gasteiger partial charge < -0.3 is 106 Å². The third kappa shape index (κ3) is 23.2. The molecule has 0 fully saturated rings. The summed E-state index contributed by atoms with van der Waals surface area (Å²) in [6, 6.07) is 78.9. The van der Waals surface area contributed by atoms with E-state index in [-0.39, 0.29) is 166 Å². The van der Waals surface area contributed by atoms with Gasteiger partial charge in [-0.3, -0.25) is 0 Å². The molecule has 16 rings (SSSR count). The lowest BCUT2D eigenvalue weighted by Crippen LogP contribution is -2.30. The number of hydrogen-bond donors (Lipinski definition) is 6. The van der Waals surface area contributed by atoms with Crippen molar-refractivity contribution in [2.45, 2.75) is 58.7 Å². The van der Waals surface area contributed by atoms with E-state index in [4.69, 9.17) is 66.3 Å². The van der Waals surface area contributed by atoms with Gasteiger partial charge in [-0.1, -0.05) is 151 Å². The molecule has 0 saturated carbocycles. The molecule has 0 aliphatic heterocycles. The highest BCUT2D eigenvalue weighted by Crippen LogP contribution is 2.61. The van der Waals surface area contributed by atoms with Gasteiger partial charge in [0.25, 0.3) is 0 Å². The molecule has 6 N–H and O–H groups in total. The summed E-state index contributed by atoms with van der Waals surface area (Å²) < 4.78 is 82.8. The molecule has 0 saturated heterocycles. The van der Waals surface area contributed by atoms with Crippen molar-refractivity contribution in [2.75, 3.05) is 192 Å². The number of aromatic carboxylic acids is 4. The molecule has 13 aromatic carbocycles. The molecule has 2 unspecified atom stereocenters. The van der Waals surface area contributed by atoms with Crippen LogP contribution in [0, 0.1) is 34.6 Å². The van der Waals surface area contributed by atoms with Gasteiger partial charge in [-0.15, -0.1) is 0 Å². The van der Waals surface area contributed by atoms with Gasteiger partial charge >= 0.3 is 23.9 Å². The van der Waals surface area contributed by atoms with Gasteiger partial charge in [0.1, 0.15) is 35.8 Å². The standard InChI is InChI=1S/C119H124N2O24/c1-75-54-76(2)57-88(56-75)82-14-24-98-96-22-12-80(63-106(96)118(108(98)65-82,90-18-10-86(102(69-90)114(124)125)73-142-48-46-138-40-38-134-32-30-122)92-20-28-112(104(71-92)116(128)129)144-52-50-140-44-42-136-36-34-132-8)84-16-26-100-101-27-17-85(68-111(101)121(110(100)67-84)95-60-77(3)55-78(4)61-95)81-13-23-97-99-25-15-83(89-58-79(5)59-94(62-89)120(6)7)66-109(99)119(107(97)64-81,91-19-11-87(103(70-91)115(126)127)74-143-49-47-139-41-39-135-33-31-123)93-21-29-113(105(72-93)117(130)131)145-53-51-141-45-43-137-37-35-133-9/h10-29,54-72,122-123H,30-53,73-74H2,1-9H3,(H,124,125)(H,126,127)(H,128,129)(H,130,131). The predicted octanol–water partition coefficient (Wildman–Crippen LogP) is 19.8. The topological polar surface area (TPSA) is 327 Å². The summed E-state index contributed by atoms with van der Waals surface area (Å²) in [7, 11) is 7.20. The smallest absolute Gasteiger partial charge is 0.339 e. The molecule has 0 bridgehead atoms. The van der Waals surface area contributed by atoms with Crippen molar-refractivity contribution >= 4 is 51.4 Å². The third-order valence-corrected chi connectivity index (χ3v) is 26.5. The van der Waals surface area contributed by atoms with Crippen molar-refractivity contribution in [1.82, 2.24) is 4.57 Å². The average molecular weight is 1970 g/mol. The minimum Gasteiger partial charge on any atom is -0.490 e. The van der Waals surface area contributed by atoms with Crippen molar-refractivity contribution in [2.24, 2.45) is 0 Å². The zero-order chi connectivity index (χ0) is 102. The van der Waals surface area contributed by atoms with E-state index >= 15 is 0 Å². The molecule has 26 heteroatoms. The number of rotatable bonds is 54. The van der Waals surface area contributed by atoms with E-state index in [1.54, 1.807) is 62.8 Å². The van der Waals surface area contributed by atoms with Crippen LogP contribution in [0.3, 0.4) is 0 Å². The highest BCUT2D eigenvalue weighted by molar-refractivity contribution is 6.12. The fourth-order valence-corrected chi connectivity index (χ4v) is 20.1. The van der Waals surface area contributed by atoms with E-state index in [9.17, 15) is 49.8 Å². The van der Waals surface area contributed by atoms with E-state index in [0.29, 0.717) is 73.0 Å². The van der Waals surface area contributed by atoms with Crippen LogP contribution in [0.1, 0.15) is 125 Å². The van der Waals surface area contributed by atoms with Gasteiger partial charge in [0.2, 0.25) is 0 Å². The Morgan fingerprint density at radius 3 is 0.917 bits per heavy atom. The number of ether oxygens (including phenoxy) is 14. The number of aliphatic hydroxyl groups is 2. The molecule has 26 nitrogen and oxygen atoms in total. The average Bonchev–Trinajstić information content (AvgIpc) is 1.53. The number of nitrogens with zero attached hydrogens (tertiary/aromatic N) is 2. The number of aryl methyl sites for hydroxylation is 5. The molecule has 0 radical (unpaired) electrons. The molecule has 2 aliphatic rings. The first kappa shape index (κ1) is 104. The number of benzene rings is 13. The number of aromatic nitrogens is 1. The Balaban J connectivity index is 0.870. The summed E-state index contributed by atoms with van der Waals surface area (Å²) in [5.41, 5.74) is 21.6. The SMILES string of the molecule is COCCOCCOCCOc1ccc(C2(c3ccc(COCCOCCOCCO)c(C(=O)O)c3)c3cc(-c4cc(C)cc(C)c4)ccc3-c3ccc(-c4ccc5c6ccc(-c7ccc8c(c7)C(c7ccc(COCCOCCOCCO)c(C(=O)O)c7)(c7ccc(OCCOCCOCCOC)c(C(=O)O)c7)c7cc(-c9cc(C)cc(N(C)C)c9)ccc7-8)cc6n(-c6cc(C)cc(C)c6)c5c4)cc32)cc1C(=O)O. The van der Waals surface area contributed by atoms with E-state index in [0.717, 1.165) is 150 Å². The first-order valence-electron chi connectivity index (χ1n) is 48.8. The van der Waals surface area contributed by atoms with Crippen LogP contribution in [-0.2, 0) is 80.9 Å². The van der Waals surface area contributed by atoms with Crippen molar-refractivity contribution < 1.29 is 116 Å². The first-order valence-corrected chi connectivity index (χ1v) is 48.8. The summed E-state index contributed by atoms with van der Waals surface area (Å²) in [6.07, 6.45) is 0. The van der Waals surface area contributed by atoms with Gasteiger partial charge in [0.15, 0.2) is 0 Å². The Bertz CT molecular complexity index is 6780. The summed E-state index contributed by atoms with van der Waals surface area (Å²) in [5.74, 6) is -4.73. The molecule has 754 valence electrons. The number of aliphatic hydroxyl groups excluding tert-OH is 2. The van der Waals surface area contributed by atoms with Crippen LogP contribution in [0.5, 0.6) is 11.5 Å². The van der Waals surface area contributed by atoms with Crippen LogP contribution in [0.2, 0.25) is 0 Å². The molecule has 0 spiro atoms. The maximum atomic E-state index is 14.2. The van der Waals surface area contributed by atoms with Gasteiger partial charge in [0.05, 0.1) is 192 Å². The number of carbonyl (C=O) groups is 4. The van der Waals surface area contributed by atoms with Crippen molar-refractivity contribution in [3.63, 3.8) is 0 Å². The second-order valence-electron chi connectivity index (χ2n) is 36.5. The number of fused-ring (bicyclic) bond motifs is 9.